The molecule has 40 heavy (non-hydrogen) atoms. The van der Waals surface area contributed by atoms with Gasteiger partial charge >= 0.3 is 5.97 Å². The SMILES string of the molecule is Cc1cc2ccc1C(=O)N1CCc3ccc(cc3C1)C(CC(=O)O)c1ccc3c(nnn3CCCCCC2)c1Cl. The van der Waals surface area contributed by atoms with Crippen LogP contribution in [0.1, 0.15) is 81.8 Å². The number of rotatable bonds is 2. The fraction of sp³-hybridized carbons (Fsp3) is 0.375. The van der Waals surface area contributed by atoms with E-state index >= 15 is 0 Å². The second kappa shape index (κ2) is 11.0. The Hall–Kier alpha value is -3.71. The number of amides is 1. The third-order valence-electron chi connectivity index (χ3n) is 8.45. The first-order valence-corrected chi connectivity index (χ1v) is 14.5. The molecule has 0 radical (unpaired) electrons. The van der Waals surface area contributed by atoms with Gasteiger partial charge in [-0.05, 0) is 78.1 Å². The monoisotopic (exact) mass is 556 g/mol. The van der Waals surface area contributed by atoms with E-state index in [0.29, 0.717) is 23.6 Å². The van der Waals surface area contributed by atoms with Crippen LogP contribution in [0.3, 0.4) is 0 Å². The fourth-order valence-corrected chi connectivity index (χ4v) is 6.57. The molecule has 6 heterocycles. The molecule has 206 valence electrons. The van der Waals surface area contributed by atoms with Gasteiger partial charge in [0, 0.05) is 31.1 Å². The largest absolute Gasteiger partial charge is 0.481 e. The van der Waals surface area contributed by atoms with Crippen molar-refractivity contribution >= 4 is 34.5 Å². The van der Waals surface area contributed by atoms with E-state index in [1.54, 1.807) is 0 Å². The molecule has 1 aromatic heterocycles. The normalized spacial score (nSPS) is 17.9. The van der Waals surface area contributed by atoms with Crippen LogP contribution < -0.4 is 0 Å². The summed E-state index contributed by atoms with van der Waals surface area (Å²) < 4.78 is 1.90. The van der Waals surface area contributed by atoms with Crippen LogP contribution in [0.15, 0.2) is 48.5 Å². The van der Waals surface area contributed by atoms with Crippen LogP contribution >= 0.6 is 11.6 Å². The van der Waals surface area contributed by atoms with Gasteiger partial charge in [0.1, 0.15) is 5.52 Å². The highest BCUT2D eigenvalue weighted by Gasteiger charge is 2.27. The van der Waals surface area contributed by atoms with E-state index in [9.17, 15) is 14.7 Å². The van der Waals surface area contributed by atoms with E-state index in [-0.39, 0.29) is 12.3 Å². The molecule has 1 amide bonds. The minimum absolute atomic E-state index is 0.0425. The molecule has 8 heteroatoms. The summed E-state index contributed by atoms with van der Waals surface area (Å²) in [7, 11) is 0. The van der Waals surface area contributed by atoms with E-state index in [1.807, 2.05) is 40.8 Å². The molecule has 1 N–H and O–H groups in total. The molecule has 0 aliphatic carbocycles. The summed E-state index contributed by atoms with van der Waals surface area (Å²) in [5.41, 5.74) is 8.32. The third-order valence-corrected chi connectivity index (χ3v) is 8.85. The van der Waals surface area contributed by atoms with E-state index in [2.05, 4.69) is 34.6 Å². The maximum atomic E-state index is 13.6. The first-order valence-electron chi connectivity index (χ1n) is 14.1. The van der Waals surface area contributed by atoms with Gasteiger partial charge in [-0.1, -0.05) is 66.1 Å². The maximum Gasteiger partial charge on any atom is 0.304 e. The van der Waals surface area contributed by atoms with Gasteiger partial charge in [0.2, 0.25) is 0 Å². The van der Waals surface area contributed by atoms with Crippen molar-refractivity contribution in [3.63, 3.8) is 0 Å². The Balaban J connectivity index is 1.42. The summed E-state index contributed by atoms with van der Waals surface area (Å²) in [6.45, 7) is 3.92. The van der Waals surface area contributed by atoms with Crippen molar-refractivity contribution in [3.05, 3.63) is 92.5 Å². The van der Waals surface area contributed by atoms with E-state index in [1.165, 1.54) is 11.1 Å². The number of carboxylic acids is 1. The number of carboxylic acid groups (broad SMARTS) is 1. The molecular weight excluding hydrogens is 524 g/mol. The summed E-state index contributed by atoms with van der Waals surface area (Å²) >= 11 is 6.91. The van der Waals surface area contributed by atoms with Crippen LogP contribution in [-0.2, 0) is 30.7 Å². The van der Waals surface area contributed by atoms with Gasteiger partial charge in [0.15, 0.2) is 0 Å². The van der Waals surface area contributed by atoms with Crippen LogP contribution in [0.4, 0.5) is 0 Å². The Labute approximate surface area is 238 Å². The first-order chi connectivity index (χ1) is 19.4. The van der Waals surface area contributed by atoms with Crippen molar-refractivity contribution < 1.29 is 14.7 Å². The zero-order chi connectivity index (χ0) is 27.8. The molecule has 0 saturated carbocycles. The molecule has 5 aliphatic rings. The van der Waals surface area contributed by atoms with Crippen molar-refractivity contribution in [2.24, 2.45) is 0 Å². The minimum atomic E-state index is -0.903. The van der Waals surface area contributed by atoms with Crippen molar-refractivity contribution in [3.8, 4) is 0 Å². The maximum absolute atomic E-state index is 13.6. The first kappa shape index (κ1) is 26.5. The third kappa shape index (κ3) is 5.10. The number of aliphatic carboxylic acids is 1. The number of hydrogen-bond donors (Lipinski definition) is 1. The van der Waals surface area contributed by atoms with Crippen LogP contribution in [0.5, 0.6) is 0 Å². The summed E-state index contributed by atoms with van der Waals surface area (Å²) in [6, 6.07) is 16.2. The highest BCUT2D eigenvalue weighted by molar-refractivity contribution is 6.35. The zero-order valence-electron chi connectivity index (χ0n) is 22.7. The lowest BCUT2D eigenvalue weighted by Gasteiger charge is -2.30. The van der Waals surface area contributed by atoms with E-state index < -0.39 is 11.9 Å². The Morgan fingerprint density at radius 3 is 2.67 bits per heavy atom. The topological polar surface area (TPSA) is 88.3 Å². The van der Waals surface area contributed by atoms with Gasteiger partial charge in [0.25, 0.3) is 5.91 Å². The van der Waals surface area contributed by atoms with Crippen molar-refractivity contribution in [1.82, 2.24) is 19.9 Å². The molecular formula is C32H33ClN4O3. The smallest absolute Gasteiger partial charge is 0.304 e. The highest BCUT2D eigenvalue weighted by atomic mass is 35.5. The second-order valence-corrected chi connectivity index (χ2v) is 11.5. The number of carbonyl (C=O) groups is 2. The number of aromatic nitrogens is 3. The number of carbonyl (C=O) groups excluding carboxylic acids is 1. The summed E-state index contributed by atoms with van der Waals surface area (Å²) in [4.78, 5) is 27.5. The summed E-state index contributed by atoms with van der Waals surface area (Å²) in [5.74, 6) is -1.32. The Bertz CT molecular complexity index is 1610. The second-order valence-electron chi connectivity index (χ2n) is 11.1. The number of halogens is 1. The van der Waals surface area contributed by atoms with Gasteiger partial charge in [-0.25, -0.2) is 4.68 Å². The molecule has 0 saturated heterocycles. The Kier molecular flexibility index (Phi) is 7.32. The average molecular weight is 557 g/mol. The molecule has 5 aliphatic heterocycles. The van der Waals surface area contributed by atoms with Crippen molar-refractivity contribution in [2.75, 3.05) is 6.54 Å². The van der Waals surface area contributed by atoms with Gasteiger partial charge in [-0.3, -0.25) is 9.59 Å². The standard InChI is InChI=1S/C32H33ClN4O3/c1-20-16-21-6-4-2-3-5-14-37-28-12-11-26(30(33)31(28)34-35-37)27(18-29(38)39)23-9-8-22-13-15-36(19-24(22)17-23)32(40)25(20)10-7-21/h7-12,16-17,27H,2-6,13-15,18-19H2,1H3,(H,38,39). The van der Waals surface area contributed by atoms with Crippen molar-refractivity contribution in [2.45, 2.75) is 70.9 Å². The number of aryl methyl sites for hydroxylation is 3. The number of nitrogens with zero attached hydrogens (tertiary/aromatic N) is 4. The molecule has 3 aromatic carbocycles. The lowest BCUT2D eigenvalue weighted by atomic mass is 9.85. The highest BCUT2D eigenvalue weighted by Crippen LogP contribution is 2.38. The molecule has 7 nitrogen and oxygen atoms in total. The van der Waals surface area contributed by atoms with Crippen LogP contribution in [0.25, 0.3) is 11.0 Å². The molecule has 4 aromatic rings. The molecule has 9 rings (SSSR count). The molecule has 0 spiro atoms. The van der Waals surface area contributed by atoms with E-state index in [0.717, 1.165) is 78.4 Å². The minimum Gasteiger partial charge on any atom is -0.481 e. The molecule has 9 bridgehead atoms. The lowest BCUT2D eigenvalue weighted by molar-refractivity contribution is -0.137. The fourth-order valence-electron chi connectivity index (χ4n) is 6.24. The average Bonchev–Trinajstić information content (AvgIpc) is 3.36. The Morgan fingerprint density at radius 2 is 1.85 bits per heavy atom. The van der Waals surface area contributed by atoms with Gasteiger partial charge in [-0.2, -0.15) is 0 Å². The van der Waals surface area contributed by atoms with Gasteiger partial charge < -0.3 is 10.0 Å². The van der Waals surface area contributed by atoms with Crippen LogP contribution in [0, 0.1) is 6.92 Å². The number of benzene rings is 3. The zero-order valence-corrected chi connectivity index (χ0v) is 23.5. The lowest BCUT2D eigenvalue weighted by Crippen LogP contribution is -2.36. The van der Waals surface area contributed by atoms with Gasteiger partial charge in [-0.15, -0.1) is 5.10 Å². The van der Waals surface area contributed by atoms with Crippen molar-refractivity contribution in [1.29, 1.82) is 0 Å². The quantitative estimate of drug-likeness (QED) is 0.312. The molecule has 1 atom stereocenters. The van der Waals surface area contributed by atoms with Crippen LogP contribution in [-0.4, -0.2) is 43.4 Å². The summed E-state index contributed by atoms with van der Waals surface area (Å²) in [5, 5.41) is 19.0. The Morgan fingerprint density at radius 1 is 1.00 bits per heavy atom. The van der Waals surface area contributed by atoms with Crippen LogP contribution in [0.2, 0.25) is 5.02 Å². The summed E-state index contributed by atoms with van der Waals surface area (Å²) in [6.07, 6.45) is 5.92. The van der Waals surface area contributed by atoms with E-state index in [4.69, 9.17) is 11.6 Å². The molecule has 1 unspecified atom stereocenters. The van der Waals surface area contributed by atoms with Gasteiger partial charge in [0.05, 0.1) is 17.0 Å². The predicted molar refractivity (Wildman–Crippen MR) is 155 cm³/mol. The number of hydrogen-bond acceptors (Lipinski definition) is 4. The predicted octanol–water partition coefficient (Wildman–Crippen LogP) is 6.31. The molecule has 0 fully saturated rings.